The van der Waals surface area contributed by atoms with Gasteiger partial charge in [0.2, 0.25) is 0 Å². The number of rotatable bonds is 20. The molecule has 50 heavy (non-hydrogen) atoms. The number of nitrogens with zero attached hydrogens (tertiary/aromatic N) is 2. The fourth-order valence-corrected chi connectivity index (χ4v) is 7.34. The number of fused-ring (bicyclic) bond motifs is 1. The molecule has 270 valence electrons. The zero-order chi connectivity index (χ0) is 35.3. The fourth-order valence-electron chi connectivity index (χ4n) is 7.34. The Morgan fingerprint density at radius 2 is 1.26 bits per heavy atom. The Labute approximate surface area is 300 Å². The Morgan fingerprint density at radius 1 is 0.680 bits per heavy atom. The molecule has 4 atom stereocenters. The van der Waals surface area contributed by atoms with Gasteiger partial charge < -0.3 is 19.5 Å². The molecule has 0 spiro atoms. The molecule has 0 aromatic heterocycles. The van der Waals surface area contributed by atoms with Crippen molar-refractivity contribution in [2.75, 3.05) is 24.5 Å². The molecule has 7 heteroatoms. The second-order valence-electron chi connectivity index (χ2n) is 14.2. The van der Waals surface area contributed by atoms with E-state index in [4.69, 9.17) is 9.47 Å². The topological polar surface area (TPSA) is 79.3 Å². The summed E-state index contributed by atoms with van der Waals surface area (Å²) in [5.74, 6) is -0.564. The van der Waals surface area contributed by atoms with E-state index in [1.165, 1.54) is 81.9 Å². The quantitative estimate of drug-likeness (QED) is 0.0944. The van der Waals surface area contributed by atoms with Crippen LogP contribution in [0.3, 0.4) is 0 Å². The smallest absolute Gasteiger partial charge is 0.266 e. The summed E-state index contributed by atoms with van der Waals surface area (Å²) in [6.07, 6.45) is 14.2. The molecule has 5 rings (SSSR count). The molecule has 0 aliphatic carbocycles. The minimum atomic E-state index is -0.682. The first-order chi connectivity index (χ1) is 24.4. The van der Waals surface area contributed by atoms with E-state index in [0.717, 1.165) is 36.3 Å². The first kappa shape index (κ1) is 37.9. The highest BCUT2D eigenvalue weighted by molar-refractivity contribution is 6.34. The van der Waals surface area contributed by atoms with E-state index in [2.05, 4.69) is 25.7 Å². The van der Waals surface area contributed by atoms with E-state index in [-0.39, 0.29) is 36.5 Å². The lowest BCUT2D eigenvalue weighted by Gasteiger charge is -2.43. The second-order valence-corrected chi connectivity index (χ2v) is 14.2. The van der Waals surface area contributed by atoms with Crippen molar-refractivity contribution in [1.29, 1.82) is 0 Å². The standard InChI is InChI=1S/C43H58N2O5/c1-4-6-8-10-12-16-27-44(28-17-13-11-9-7-5-2)30-39-32(3)40(34-25-23-33(31-46)24-26-34)50-43(49-39)35-19-18-20-36(29-35)45-41(47)37-21-14-15-22-38(37)42(45)48/h14-15,18-26,29,32,39-40,43,46H,4-13,16-17,27-28,30-31H2,1-3H3/t32-,39+,40+,43+/m0/s1. The van der Waals surface area contributed by atoms with Gasteiger partial charge in [0.1, 0.15) is 0 Å². The van der Waals surface area contributed by atoms with Crippen molar-refractivity contribution in [2.45, 2.75) is 123 Å². The van der Waals surface area contributed by atoms with Crippen LogP contribution in [0.2, 0.25) is 0 Å². The highest BCUT2D eigenvalue weighted by Crippen LogP contribution is 2.43. The summed E-state index contributed by atoms with van der Waals surface area (Å²) < 4.78 is 13.6. The summed E-state index contributed by atoms with van der Waals surface area (Å²) in [5.41, 5.74) is 4.02. The van der Waals surface area contributed by atoms with Crippen molar-refractivity contribution in [3.8, 4) is 0 Å². The van der Waals surface area contributed by atoms with Crippen molar-refractivity contribution < 1.29 is 24.2 Å². The van der Waals surface area contributed by atoms with E-state index in [0.29, 0.717) is 16.8 Å². The third-order valence-electron chi connectivity index (χ3n) is 10.4. The molecule has 0 bridgehead atoms. The minimum absolute atomic E-state index is 0.00777. The predicted octanol–water partition coefficient (Wildman–Crippen LogP) is 9.79. The molecule has 1 fully saturated rings. The Morgan fingerprint density at radius 3 is 1.84 bits per heavy atom. The fraction of sp³-hybridized carbons (Fsp3) is 0.535. The van der Waals surface area contributed by atoms with Gasteiger partial charge in [0.05, 0.1) is 35.6 Å². The number of anilines is 1. The molecule has 3 aromatic rings. The van der Waals surface area contributed by atoms with Crippen LogP contribution in [-0.2, 0) is 16.1 Å². The highest BCUT2D eigenvalue weighted by atomic mass is 16.7. The molecule has 3 aromatic carbocycles. The van der Waals surface area contributed by atoms with Crippen molar-refractivity contribution >= 4 is 17.5 Å². The number of ether oxygens (including phenoxy) is 2. The zero-order valence-electron chi connectivity index (χ0n) is 30.5. The molecule has 7 nitrogen and oxygen atoms in total. The van der Waals surface area contributed by atoms with Crippen molar-refractivity contribution in [3.05, 3.63) is 101 Å². The molecule has 1 N–H and O–H groups in total. The van der Waals surface area contributed by atoms with Gasteiger partial charge in [-0.3, -0.25) is 9.59 Å². The second kappa shape index (κ2) is 19.3. The molecular formula is C43H58N2O5. The van der Waals surface area contributed by atoms with Crippen molar-refractivity contribution in [1.82, 2.24) is 4.90 Å². The van der Waals surface area contributed by atoms with Gasteiger partial charge in [0.15, 0.2) is 6.29 Å². The van der Waals surface area contributed by atoms with Crippen LogP contribution < -0.4 is 4.90 Å². The van der Waals surface area contributed by atoms with Gasteiger partial charge in [-0.2, -0.15) is 0 Å². The summed E-state index contributed by atoms with van der Waals surface area (Å²) in [6, 6.07) is 22.4. The van der Waals surface area contributed by atoms with Gasteiger partial charge in [0, 0.05) is 18.0 Å². The van der Waals surface area contributed by atoms with E-state index in [1.54, 1.807) is 30.3 Å². The Hall–Kier alpha value is -3.36. The summed E-state index contributed by atoms with van der Waals surface area (Å²) in [7, 11) is 0. The third kappa shape index (κ3) is 9.70. The van der Waals surface area contributed by atoms with Gasteiger partial charge >= 0.3 is 0 Å². The molecule has 1 saturated heterocycles. The summed E-state index contributed by atoms with van der Waals surface area (Å²) >= 11 is 0. The lowest BCUT2D eigenvalue weighted by atomic mass is 9.90. The lowest BCUT2D eigenvalue weighted by molar-refractivity contribution is -0.276. The Balaban J connectivity index is 1.37. The third-order valence-corrected chi connectivity index (χ3v) is 10.4. The summed E-state index contributed by atoms with van der Waals surface area (Å²) in [6.45, 7) is 9.67. The van der Waals surface area contributed by atoms with Crippen LogP contribution in [0.25, 0.3) is 0 Å². The number of hydrogen-bond donors (Lipinski definition) is 1. The van der Waals surface area contributed by atoms with E-state index >= 15 is 0 Å². The Kier molecular flexibility index (Phi) is 14.6. The lowest BCUT2D eigenvalue weighted by Crippen LogP contribution is -2.45. The van der Waals surface area contributed by atoms with Gasteiger partial charge in [0.25, 0.3) is 11.8 Å². The van der Waals surface area contributed by atoms with Crippen molar-refractivity contribution in [2.24, 2.45) is 5.92 Å². The van der Waals surface area contributed by atoms with E-state index in [9.17, 15) is 14.7 Å². The van der Waals surface area contributed by atoms with Crippen LogP contribution in [0.5, 0.6) is 0 Å². The van der Waals surface area contributed by atoms with Gasteiger partial charge in [-0.05, 0) is 61.3 Å². The molecule has 2 heterocycles. The van der Waals surface area contributed by atoms with Gasteiger partial charge in [-0.25, -0.2) is 4.90 Å². The highest BCUT2D eigenvalue weighted by Gasteiger charge is 2.40. The first-order valence-corrected chi connectivity index (χ1v) is 19.3. The monoisotopic (exact) mass is 682 g/mol. The minimum Gasteiger partial charge on any atom is -0.392 e. The predicted molar refractivity (Wildman–Crippen MR) is 200 cm³/mol. The van der Waals surface area contributed by atoms with Crippen LogP contribution in [0, 0.1) is 5.92 Å². The summed E-state index contributed by atoms with van der Waals surface area (Å²) in [4.78, 5) is 30.6. The van der Waals surface area contributed by atoms with Crippen LogP contribution in [-0.4, -0.2) is 47.6 Å². The number of hydrogen-bond acceptors (Lipinski definition) is 6. The molecule has 0 radical (unpaired) electrons. The number of aliphatic hydroxyl groups excluding tert-OH is 1. The SMILES string of the molecule is CCCCCCCCN(CCCCCCCC)C[C@H]1O[C@@H](c2cccc(N3C(=O)c4ccccc4C3=O)c2)O[C@@H](c2ccc(CO)cc2)[C@H]1C. The maximum Gasteiger partial charge on any atom is 0.266 e. The Bertz CT molecular complexity index is 1460. The number of benzene rings is 3. The average Bonchev–Trinajstić information content (AvgIpc) is 3.40. The number of amides is 2. The number of imide groups is 1. The number of aliphatic hydroxyl groups is 1. The maximum atomic E-state index is 13.3. The van der Waals surface area contributed by atoms with Gasteiger partial charge in [-0.15, -0.1) is 0 Å². The average molecular weight is 683 g/mol. The van der Waals surface area contributed by atoms with Crippen LogP contribution >= 0.6 is 0 Å². The normalized spacial score (nSPS) is 20.5. The largest absolute Gasteiger partial charge is 0.392 e. The van der Waals surface area contributed by atoms with E-state index in [1.807, 2.05) is 42.5 Å². The molecule has 2 aliphatic heterocycles. The molecule has 0 unspecified atom stereocenters. The van der Waals surface area contributed by atoms with Crippen LogP contribution in [0.4, 0.5) is 5.69 Å². The molecule has 2 aliphatic rings. The van der Waals surface area contributed by atoms with Crippen LogP contribution in [0.1, 0.15) is 148 Å². The summed E-state index contributed by atoms with van der Waals surface area (Å²) in [5, 5.41) is 9.69. The van der Waals surface area contributed by atoms with Crippen molar-refractivity contribution in [3.63, 3.8) is 0 Å². The molecule has 2 amide bonds. The number of unbranched alkanes of at least 4 members (excludes halogenated alkanes) is 10. The maximum absolute atomic E-state index is 13.3. The number of carbonyl (C=O) groups is 2. The zero-order valence-corrected chi connectivity index (χ0v) is 30.5. The van der Waals surface area contributed by atoms with Gasteiger partial charge in [-0.1, -0.05) is 134 Å². The molecular weight excluding hydrogens is 624 g/mol. The molecule has 0 saturated carbocycles. The number of carbonyl (C=O) groups excluding carboxylic acids is 2. The van der Waals surface area contributed by atoms with E-state index < -0.39 is 6.29 Å². The first-order valence-electron chi connectivity index (χ1n) is 19.3. The van der Waals surface area contributed by atoms with Crippen LogP contribution in [0.15, 0.2) is 72.8 Å².